The van der Waals surface area contributed by atoms with E-state index in [4.69, 9.17) is 18.9 Å². The van der Waals surface area contributed by atoms with E-state index in [-0.39, 0.29) is 12.7 Å². The van der Waals surface area contributed by atoms with Gasteiger partial charge < -0.3 is 18.9 Å². The van der Waals surface area contributed by atoms with Crippen molar-refractivity contribution in [3.8, 4) is 11.5 Å². The monoisotopic (exact) mass is 450 g/mol. The Morgan fingerprint density at radius 1 is 1.00 bits per heavy atom. The summed E-state index contributed by atoms with van der Waals surface area (Å²) in [7, 11) is 0. The predicted octanol–water partition coefficient (Wildman–Crippen LogP) is 4.65. The minimum atomic E-state index is -0.552. The van der Waals surface area contributed by atoms with Crippen molar-refractivity contribution >= 4 is 27.9 Å². The van der Waals surface area contributed by atoms with Gasteiger partial charge in [0.05, 0.1) is 18.3 Å². The summed E-state index contributed by atoms with van der Waals surface area (Å²) in [5, 5.41) is 0. The molecule has 2 aromatic carbocycles. The SMILES string of the molecule is CCOCCOC(=O)c1ccc(OC(=O)c2cc(Br)ccc2OC(C)C)cc1. The number of carbonyl (C=O) groups is 2. The molecule has 150 valence electrons. The van der Waals surface area contributed by atoms with Crippen molar-refractivity contribution in [1.29, 1.82) is 0 Å². The Bertz CT molecular complexity index is 801. The highest BCUT2D eigenvalue weighted by Gasteiger charge is 2.17. The van der Waals surface area contributed by atoms with Crippen LogP contribution in [0.15, 0.2) is 46.9 Å². The molecule has 0 atom stereocenters. The third-order valence-corrected chi connectivity index (χ3v) is 3.98. The molecule has 0 aromatic heterocycles. The number of halogens is 1. The highest BCUT2D eigenvalue weighted by atomic mass is 79.9. The zero-order valence-corrected chi connectivity index (χ0v) is 17.7. The van der Waals surface area contributed by atoms with Crippen LogP contribution in [-0.4, -0.2) is 37.9 Å². The molecule has 0 unspecified atom stereocenters. The number of carbonyl (C=O) groups excluding carboxylic acids is 2. The second kappa shape index (κ2) is 10.8. The maximum atomic E-state index is 12.6. The first-order chi connectivity index (χ1) is 13.4. The average molecular weight is 451 g/mol. The van der Waals surface area contributed by atoms with Gasteiger partial charge in [0, 0.05) is 11.1 Å². The van der Waals surface area contributed by atoms with Gasteiger partial charge in [0.15, 0.2) is 0 Å². The van der Waals surface area contributed by atoms with Crippen molar-refractivity contribution in [3.63, 3.8) is 0 Å². The molecule has 7 heteroatoms. The van der Waals surface area contributed by atoms with Crippen molar-refractivity contribution < 1.29 is 28.5 Å². The molecule has 0 heterocycles. The van der Waals surface area contributed by atoms with Gasteiger partial charge in [0.1, 0.15) is 23.7 Å². The zero-order valence-electron chi connectivity index (χ0n) is 16.1. The fourth-order valence-electron chi connectivity index (χ4n) is 2.26. The molecule has 6 nitrogen and oxygen atoms in total. The van der Waals surface area contributed by atoms with Crippen molar-refractivity contribution in [1.82, 2.24) is 0 Å². The van der Waals surface area contributed by atoms with E-state index >= 15 is 0 Å². The number of hydrogen-bond acceptors (Lipinski definition) is 6. The molecule has 0 fully saturated rings. The lowest BCUT2D eigenvalue weighted by Gasteiger charge is -2.14. The van der Waals surface area contributed by atoms with Crippen molar-refractivity contribution in [2.24, 2.45) is 0 Å². The molecule has 0 spiro atoms. The van der Waals surface area contributed by atoms with E-state index in [1.54, 1.807) is 18.2 Å². The van der Waals surface area contributed by atoms with Crippen molar-refractivity contribution in [2.75, 3.05) is 19.8 Å². The first-order valence-corrected chi connectivity index (χ1v) is 9.73. The third kappa shape index (κ3) is 6.65. The fraction of sp³-hybridized carbons (Fsp3) is 0.333. The maximum absolute atomic E-state index is 12.6. The van der Waals surface area contributed by atoms with E-state index in [1.165, 1.54) is 24.3 Å². The summed E-state index contributed by atoms with van der Waals surface area (Å²) in [4.78, 5) is 24.5. The van der Waals surface area contributed by atoms with Gasteiger partial charge in [-0.05, 0) is 63.2 Å². The standard InChI is InChI=1S/C21H23BrO6/c1-4-25-11-12-26-20(23)15-5-8-17(9-6-15)28-21(24)18-13-16(22)7-10-19(18)27-14(2)3/h5-10,13-14H,4,11-12H2,1-3H3. The highest BCUT2D eigenvalue weighted by molar-refractivity contribution is 9.10. The Balaban J connectivity index is 2.03. The minimum Gasteiger partial charge on any atom is -0.490 e. The van der Waals surface area contributed by atoms with Gasteiger partial charge in [-0.1, -0.05) is 15.9 Å². The lowest BCUT2D eigenvalue weighted by atomic mass is 10.2. The Kier molecular flexibility index (Phi) is 8.47. The highest BCUT2D eigenvalue weighted by Crippen LogP contribution is 2.26. The first kappa shape index (κ1) is 21.9. The quantitative estimate of drug-likeness (QED) is 0.314. The van der Waals surface area contributed by atoms with E-state index in [1.807, 2.05) is 20.8 Å². The third-order valence-electron chi connectivity index (χ3n) is 3.49. The smallest absolute Gasteiger partial charge is 0.347 e. The maximum Gasteiger partial charge on any atom is 0.347 e. The Labute approximate surface area is 172 Å². The van der Waals surface area contributed by atoms with E-state index < -0.39 is 11.9 Å². The molecule has 0 saturated carbocycles. The molecule has 0 bridgehead atoms. The van der Waals surface area contributed by atoms with Gasteiger partial charge >= 0.3 is 11.9 Å². The number of benzene rings is 2. The second-order valence-corrected chi connectivity index (χ2v) is 6.97. The molecule has 2 aromatic rings. The van der Waals surface area contributed by atoms with Crippen LogP contribution in [0.4, 0.5) is 0 Å². The molecule has 0 aliphatic rings. The summed E-state index contributed by atoms with van der Waals surface area (Å²) in [5.74, 6) is -0.259. The largest absolute Gasteiger partial charge is 0.490 e. The molecule has 0 N–H and O–H groups in total. The lowest BCUT2D eigenvalue weighted by molar-refractivity contribution is 0.0335. The van der Waals surface area contributed by atoms with Crippen LogP contribution in [0.3, 0.4) is 0 Å². The molecule has 0 amide bonds. The first-order valence-electron chi connectivity index (χ1n) is 8.94. The molecular weight excluding hydrogens is 428 g/mol. The normalized spacial score (nSPS) is 10.6. The topological polar surface area (TPSA) is 71.1 Å². The summed E-state index contributed by atoms with van der Waals surface area (Å²) in [6, 6.07) is 11.3. The number of esters is 2. The van der Waals surface area contributed by atoms with Crippen LogP contribution < -0.4 is 9.47 Å². The van der Waals surface area contributed by atoms with Crippen LogP contribution in [0.5, 0.6) is 11.5 Å². The van der Waals surface area contributed by atoms with Crippen LogP contribution in [0.1, 0.15) is 41.5 Å². The van der Waals surface area contributed by atoms with E-state index in [2.05, 4.69) is 15.9 Å². The van der Waals surface area contributed by atoms with Crippen LogP contribution in [-0.2, 0) is 9.47 Å². The minimum absolute atomic E-state index is 0.0826. The average Bonchev–Trinajstić information content (AvgIpc) is 2.66. The summed E-state index contributed by atoms with van der Waals surface area (Å²) in [6.45, 7) is 6.73. The number of ether oxygens (including phenoxy) is 4. The molecule has 28 heavy (non-hydrogen) atoms. The summed E-state index contributed by atoms with van der Waals surface area (Å²) in [6.07, 6.45) is -0.0826. The van der Waals surface area contributed by atoms with Crippen molar-refractivity contribution in [3.05, 3.63) is 58.1 Å². The molecule has 2 rings (SSSR count). The Hall–Kier alpha value is -2.38. The molecule has 0 radical (unpaired) electrons. The zero-order chi connectivity index (χ0) is 20.5. The van der Waals surface area contributed by atoms with Crippen LogP contribution in [0.2, 0.25) is 0 Å². The summed E-state index contributed by atoms with van der Waals surface area (Å²) in [5.41, 5.74) is 0.671. The molecular formula is C21H23BrO6. The van der Waals surface area contributed by atoms with E-state index in [0.717, 1.165) is 4.47 Å². The van der Waals surface area contributed by atoms with Crippen molar-refractivity contribution in [2.45, 2.75) is 26.9 Å². The van der Waals surface area contributed by atoms with E-state index in [9.17, 15) is 9.59 Å². The Morgan fingerprint density at radius 3 is 2.36 bits per heavy atom. The van der Waals surface area contributed by atoms with Gasteiger partial charge in [-0.25, -0.2) is 9.59 Å². The molecule has 0 aliphatic carbocycles. The summed E-state index contributed by atoms with van der Waals surface area (Å²) < 4.78 is 22.0. The van der Waals surface area contributed by atoms with Crippen LogP contribution in [0, 0.1) is 0 Å². The lowest BCUT2D eigenvalue weighted by Crippen LogP contribution is -2.14. The van der Waals surface area contributed by atoms with Gasteiger partial charge in [0.2, 0.25) is 0 Å². The molecule has 0 saturated heterocycles. The second-order valence-electron chi connectivity index (χ2n) is 6.05. The predicted molar refractivity (Wildman–Crippen MR) is 108 cm³/mol. The van der Waals surface area contributed by atoms with Gasteiger partial charge in [0.25, 0.3) is 0 Å². The van der Waals surface area contributed by atoms with Crippen LogP contribution >= 0.6 is 15.9 Å². The van der Waals surface area contributed by atoms with Gasteiger partial charge in [-0.15, -0.1) is 0 Å². The summed E-state index contributed by atoms with van der Waals surface area (Å²) >= 11 is 3.35. The van der Waals surface area contributed by atoms with Gasteiger partial charge in [-0.2, -0.15) is 0 Å². The molecule has 0 aliphatic heterocycles. The Morgan fingerprint density at radius 2 is 1.71 bits per heavy atom. The van der Waals surface area contributed by atoms with Crippen LogP contribution in [0.25, 0.3) is 0 Å². The number of rotatable bonds is 9. The fourth-order valence-corrected chi connectivity index (χ4v) is 2.62. The van der Waals surface area contributed by atoms with E-state index in [0.29, 0.717) is 35.8 Å². The van der Waals surface area contributed by atoms with Gasteiger partial charge in [-0.3, -0.25) is 0 Å². The number of hydrogen-bond donors (Lipinski definition) is 0.